The van der Waals surface area contributed by atoms with Gasteiger partial charge >= 0.3 is 0 Å². The lowest BCUT2D eigenvalue weighted by Gasteiger charge is -2.32. The van der Waals surface area contributed by atoms with E-state index in [1.807, 2.05) is 39.6 Å². The summed E-state index contributed by atoms with van der Waals surface area (Å²) in [5, 5.41) is 27.1. The van der Waals surface area contributed by atoms with E-state index in [1.165, 1.54) is 21.2 Å². The van der Waals surface area contributed by atoms with Gasteiger partial charge in [0.15, 0.2) is 6.29 Å². The Labute approximate surface area is 439 Å². The van der Waals surface area contributed by atoms with Crippen LogP contribution in [0.25, 0.3) is 11.0 Å². The van der Waals surface area contributed by atoms with Crippen LogP contribution in [0.1, 0.15) is 117 Å². The summed E-state index contributed by atoms with van der Waals surface area (Å²) in [5.41, 5.74) is 15.2. The number of aldehydes is 3. The number of nitrogens with two attached hydrogens (primary N) is 2. The van der Waals surface area contributed by atoms with Gasteiger partial charge in [0.2, 0.25) is 5.95 Å². The van der Waals surface area contributed by atoms with Gasteiger partial charge in [-0.05, 0) is 130 Å². The van der Waals surface area contributed by atoms with Crippen LogP contribution in [-0.2, 0) is 32.7 Å². The highest BCUT2D eigenvalue weighted by atomic mass is 16.5. The summed E-state index contributed by atoms with van der Waals surface area (Å²) in [4.78, 5) is 61.1. The fourth-order valence-corrected chi connectivity index (χ4v) is 9.40. The standard InChI is InChI=1S/C43H57N13O5.C7H10N2O.2CH5N/c1-6-56-35(20-29(2)51-56)42(59)47-28-53(39-33(44-3)21-30(26-57)23-36(39)60-5)14-7-8-15-55-40-34(48-43(55)45-4)22-31(27-58)24-37(40)61-19-9-13-52-16-10-32(11-17-52)41-50-49-38-25-46-12-18-54(38)41;1-3-9-7(5-10)4-6(2)8-9;2*1-2/h20-24,26-27,32,46H,3,6-19,25,28H2,1-2,4-5H3,(H,45,48)(H,47,59);4-5H,3H2,1-2H3;2*2H2,1H3. The van der Waals surface area contributed by atoms with Gasteiger partial charge in [0.05, 0.1) is 49.5 Å². The van der Waals surface area contributed by atoms with Crippen molar-refractivity contribution in [3.05, 3.63) is 81.9 Å². The van der Waals surface area contributed by atoms with Gasteiger partial charge in [-0.2, -0.15) is 10.2 Å². The number of hydrogen-bond donors (Lipinski definition) is 5. The van der Waals surface area contributed by atoms with Crippen LogP contribution in [0, 0.1) is 13.8 Å². The van der Waals surface area contributed by atoms with E-state index in [4.69, 9.17) is 14.5 Å². The topological polar surface area (TPSA) is 278 Å². The molecule has 7 N–H and O–H groups in total. The molecule has 0 aliphatic carbocycles. The monoisotopic (exact) mass is 1040 g/mol. The fraction of sp³-hybridized carbons (Fsp3) is 0.500. The summed E-state index contributed by atoms with van der Waals surface area (Å²) < 4.78 is 20.0. The van der Waals surface area contributed by atoms with E-state index in [0.29, 0.717) is 95.4 Å². The van der Waals surface area contributed by atoms with Gasteiger partial charge in [-0.15, -0.1) is 10.2 Å². The van der Waals surface area contributed by atoms with Crippen molar-refractivity contribution in [2.75, 3.05) is 84.5 Å². The van der Waals surface area contributed by atoms with E-state index in [9.17, 15) is 19.2 Å². The lowest BCUT2D eigenvalue weighted by atomic mass is 9.95. The number of aromatic nitrogens is 9. The summed E-state index contributed by atoms with van der Waals surface area (Å²) in [7, 11) is 6.36. The number of anilines is 2. The number of unbranched alkanes of at least 4 members (excludes halogenated alkanes) is 1. The molecule has 75 heavy (non-hydrogen) atoms. The summed E-state index contributed by atoms with van der Waals surface area (Å²) in [5.74, 6) is 4.05. The molecule has 2 aromatic carbocycles. The number of benzene rings is 2. The van der Waals surface area contributed by atoms with E-state index in [2.05, 4.69) is 73.6 Å². The Kier molecular flexibility index (Phi) is 23.0. The van der Waals surface area contributed by atoms with Crippen molar-refractivity contribution in [1.29, 1.82) is 0 Å². The minimum absolute atomic E-state index is 0.133. The van der Waals surface area contributed by atoms with Gasteiger partial charge < -0.3 is 55.8 Å². The Balaban J connectivity index is 0.000000654. The van der Waals surface area contributed by atoms with Crippen molar-refractivity contribution in [2.24, 2.45) is 16.5 Å². The van der Waals surface area contributed by atoms with Crippen molar-refractivity contribution in [3.8, 4) is 11.5 Å². The molecule has 23 nitrogen and oxygen atoms in total. The number of aliphatic imine (C=N–C) groups is 1. The molecule has 406 valence electrons. The first kappa shape index (κ1) is 58.5. The first-order chi connectivity index (χ1) is 36.6. The van der Waals surface area contributed by atoms with E-state index >= 15 is 0 Å². The molecular weight excluding hydrogens is 959 g/mol. The molecule has 0 saturated carbocycles. The summed E-state index contributed by atoms with van der Waals surface area (Å²) in [6.07, 6.45) is 6.75. The Morgan fingerprint density at radius 2 is 1.57 bits per heavy atom. The zero-order valence-corrected chi connectivity index (χ0v) is 45.0. The maximum Gasteiger partial charge on any atom is 0.270 e. The van der Waals surface area contributed by atoms with Crippen LogP contribution in [0.4, 0.5) is 17.3 Å². The molecule has 2 aliphatic rings. The Bertz CT molecular complexity index is 2810. The number of rotatable bonds is 23. The second-order valence-corrected chi connectivity index (χ2v) is 17.6. The first-order valence-corrected chi connectivity index (χ1v) is 25.6. The quantitative estimate of drug-likeness (QED) is 0.0250. The highest BCUT2D eigenvalue weighted by molar-refractivity contribution is 5.93. The third kappa shape index (κ3) is 14.7. The van der Waals surface area contributed by atoms with Crippen molar-refractivity contribution < 1.29 is 28.7 Å². The molecule has 8 rings (SSSR count). The zero-order chi connectivity index (χ0) is 54.4. The number of methoxy groups -OCH3 is 1. The number of nitrogens with one attached hydrogen (secondary N) is 3. The van der Waals surface area contributed by atoms with Crippen LogP contribution in [0.3, 0.4) is 0 Å². The Hall–Kier alpha value is -7.34. The van der Waals surface area contributed by atoms with Crippen LogP contribution in [-0.4, -0.2) is 155 Å². The molecule has 0 spiro atoms. The fourth-order valence-electron chi connectivity index (χ4n) is 9.40. The van der Waals surface area contributed by atoms with E-state index < -0.39 is 0 Å². The minimum Gasteiger partial charge on any atom is -0.494 e. The lowest BCUT2D eigenvalue weighted by molar-refractivity contribution is 0.0941. The number of carbonyl (C=O) groups excluding carboxylic acids is 4. The highest BCUT2D eigenvalue weighted by Gasteiger charge is 2.27. The summed E-state index contributed by atoms with van der Waals surface area (Å²) >= 11 is 0. The molecule has 4 aromatic heterocycles. The molecule has 6 heterocycles. The van der Waals surface area contributed by atoms with Crippen molar-refractivity contribution in [2.45, 2.75) is 98.4 Å². The lowest BCUT2D eigenvalue weighted by Crippen LogP contribution is -2.39. The normalized spacial score (nSPS) is 13.2. The smallest absolute Gasteiger partial charge is 0.270 e. The minimum atomic E-state index is -0.265. The Morgan fingerprint density at radius 1 is 0.880 bits per heavy atom. The number of likely N-dealkylation sites (tertiary alicyclic amines) is 1. The molecule has 1 amide bonds. The maximum atomic E-state index is 13.4. The van der Waals surface area contributed by atoms with Crippen LogP contribution in [0.2, 0.25) is 0 Å². The van der Waals surface area contributed by atoms with Crippen LogP contribution in [0.5, 0.6) is 11.5 Å². The van der Waals surface area contributed by atoms with Gasteiger partial charge in [0.1, 0.15) is 58.3 Å². The SMILES string of the molecule is C=Nc1cc(C=O)cc(OC)c1N(CCCCn1c(NC)nc2cc(C=O)cc(OCCCN3CCC(c4nnc5n4CCNC5)CC3)c21)CNC(=O)c1cc(C)nn1CC.CCn1nc(C)cc1C=O.CN.CN. The van der Waals surface area contributed by atoms with Crippen molar-refractivity contribution >= 4 is 59.8 Å². The number of aryl methyl sites for hydroxylation is 5. The number of carbonyl (C=O) groups is 4. The molecule has 1 saturated heterocycles. The molecular formula is C52H77N17O6. The molecule has 0 unspecified atom stereocenters. The molecule has 6 aromatic rings. The Morgan fingerprint density at radius 3 is 2.23 bits per heavy atom. The number of amides is 1. The van der Waals surface area contributed by atoms with E-state index in [0.717, 1.165) is 119 Å². The predicted octanol–water partition coefficient (Wildman–Crippen LogP) is 4.76. The highest BCUT2D eigenvalue weighted by Crippen LogP contribution is 2.39. The number of hydrogen-bond acceptors (Lipinski definition) is 18. The van der Waals surface area contributed by atoms with Crippen LogP contribution >= 0.6 is 0 Å². The maximum absolute atomic E-state index is 13.4. The third-order valence-corrected chi connectivity index (χ3v) is 12.9. The molecule has 0 radical (unpaired) electrons. The van der Waals surface area contributed by atoms with E-state index in [-0.39, 0.29) is 12.6 Å². The van der Waals surface area contributed by atoms with Gasteiger partial charge in [0.25, 0.3) is 5.91 Å². The van der Waals surface area contributed by atoms with Crippen LogP contribution in [0.15, 0.2) is 41.4 Å². The van der Waals surface area contributed by atoms with Gasteiger partial charge in [0, 0.05) is 69.9 Å². The summed E-state index contributed by atoms with van der Waals surface area (Å²) in [6, 6.07) is 10.4. The molecule has 1 fully saturated rings. The number of piperidine rings is 1. The molecule has 2 aliphatic heterocycles. The number of ether oxygens (including phenoxy) is 2. The second-order valence-electron chi connectivity index (χ2n) is 17.6. The molecule has 23 heteroatoms. The van der Waals surface area contributed by atoms with E-state index in [1.54, 1.807) is 45.8 Å². The number of nitrogens with zero attached hydrogens (tertiary/aromatic N) is 12. The zero-order valence-electron chi connectivity index (χ0n) is 45.0. The average molecular weight is 1040 g/mol. The second kappa shape index (κ2) is 29.5. The van der Waals surface area contributed by atoms with Crippen molar-refractivity contribution in [3.63, 3.8) is 0 Å². The van der Waals surface area contributed by atoms with Gasteiger partial charge in [-0.25, -0.2) is 4.98 Å². The first-order valence-electron chi connectivity index (χ1n) is 25.6. The number of imidazole rings is 1. The van der Waals surface area contributed by atoms with Crippen LogP contribution < -0.4 is 41.8 Å². The predicted molar refractivity (Wildman–Crippen MR) is 292 cm³/mol. The molecule has 0 atom stereocenters. The van der Waals surface area contributed by atoms with Gasteiger partial charge in [-0.3, -0.25) is 33.5 Å². The largest absolute Gasteiger partial charge is 0.494 e. The third-order valence-electron chi connectivity index (χ3n) is 12.9. The molecule has 0 bridgehead atoms. The van der Waals surface area contributed by atoms with Crippen molar-refractivity contribution in [1.82, 2.24) is 59.4 Å². The number of fused-ring (bicyclic) bond motifs is 2. The van der Waals surface area contributed by atoms with Gasteiger partial charge in [-0.1, -0.05) is 0 Å². The average Bonchev–Trinajstić information content (AvgIpc) is 4.26. The summed E-state index contributed by atoms with van der Waals surface area (Å²) in [6.45, 7) is 20.0.